The Bertz CT molecular complexity index is 482. The molecule has 124 valence electrons. The summed E-state index contributed by atoms with van der Waals surface area (Å²) in [6, 6.07) is 7.91. The molecule has 5 atom stereocenters. The molecule has 1 aromatic carbocycles. The Kier molecular flexibility index (Phi) is 5.53. The highest BCUT2D eigenvalue weighted by Gasteiger charge is 2.43. The van der Waals surface area contributed by atoms with E-state index in [1.165, 1.54) is 17.3 Å². The van der Waals surface area contributed by atoms with Crippen LogP contribution < -0.4 is 0 Å². The van der Waals surface area contributed by atoms with Crippen molar-refractivity contribution in [3.8, 4) is 0 Å². The van der Waals surface area contributed by atoms with Crippen molar-refractivity contribution in [2.45, 2.75) is 60.9 Å². The molecule has 0 spiro atoms. The van der Waals surface area contributed by atoms with Gasteiger partial charge in [-0.3, -0.25) is 0 Å². The summed E-state index contributed by atoms with van der Waals surface area (Å²) in [5.41, 5.74) is 0.522. The molecule has 22 heavy (non-hydrogen) atoms. The Labute approximate surface area is 134 Å². The minimum Gasteiger partial charge on any atom is -0.394 e. The molecule has 0 radical (unpaired) electrons. The molecular weight excluding hydrogens is 304 g/mol. The summed E-state index contributed by atoms with van der Waals surface area (Å²) in [5, 5.41) is 38.8. The van der Waals surface area contributed by atoms with Crippen LogP contribution in [0.15, 0.2) is 29.2 Å². The van der Waals surface area contributed by atoms with E-state index in [0.717, 1.165) is 4.90 Å². The first-order valence-corrected chi connectivity index (χ1v) is 8.19. The summed E-state index contributed by atoms with van der Waals surface area (Å²) in [6.07, 6.45) is -4.74. The van der Waals surface area contributed by atoms with Crippen LogP contribution in [0.2, 0.25) is 0 Å². The highest BCUT2D eigenvalue weighted by Crippen LogP contribution is 2.34. The van der Waals surface area contributed by atoms with Gasteiger partial charge in [-0.2, -0.15) is 0 Å². The molecule has 4 N–H and O–H groups in total. The SMILES string of the molecule is CC(C)(C)c1ccc(S[C@@H]2O[C@H](CO)[C@H](O)[C@H](O)[C@H]2O)cc1. The maximum absolute atomic E-state index is 10.0. The molecule has 0 amide bonds. The van der Waals surface area contributed by atoms with Crippen LogP contribution in [-0.2, 0) is 10.2 Å². The fourth-order valence-electron chi connectivity index (χ4n) is 2.33. The lowest BCUT2D eigenvalue weighted by Crippen LogP contribution is -2.57. The van der Waals surface area contributed by atoms with E-state index in [2.05, 4.69) is 20.8 Å². The highest BCUT2D eigenvalue weighted by molar-refractivity contribution is 7.99. The van der Waals surface area contributed by atoms with Crippen LogP contribution in [-0.4, -0.2) is 56.9 Å². The number of aliphatic hydroxyl groups is 4. The highest BCUT2D eigenvalue weighted by atomic mass is 32.2. The van der Waals surface area contributed by atoms with Gasteiger partial charge in [0.2, 0.25) is 0 Å². The number of thioether (sulfide) groups is 1. The third-order valence-electron chi connectivity index (χ3n) is 3.82. The van der Waals surface area contributed by atoms with Crippen molar-refractivity contribution in [3.05, 3.63) is 29.8 Å². The first kappa shape index (κ1) is 17.7. The Morgan fingerprint density at radius 2 is 1.59 bits per heavy atom. The van der Waals surface area contributed by atoms with Gasteiger partial charge >= 0.3 is 0 Å². The van der Waals surface area contributed by atoms with Crippen LogP contribution in [0, 0.1) is 0 Å². The summed E-state index contributed by atoms with van der Waals surface area (Å²) in [6.45, 7) is 5.98. The minimum absolute atomic E-state index is 0.0618. The summed E-state index contributed by atoms with van der Waals surface area (Å²) in [7, 11) is 0. The molecular formula is C16H24O5S. The zero-order valence-electron chi connectivity index (χ0n) is 13.0. The Morgan fingerprint density at radius 1 is 1.00 bits per heavy atom. The molecule has 1 heterocycles. The fraction of sp³-hybridized carbons (Fsp3) is 0.625. The number of hydrogen-bond acceptors (Lipinski definition) is 6. The first-order chi connectivity index (χ1) is 10.2. The van der Waals surface area contributed by atoms with Crippen LogP contribution in [0.3, 0.4) is 0 Å². The molecule has 1 aliphatic heterocycles. The van der Waals surface area contributed by atoms with Gasteiger partial charge < -0.3 is 25.2 Å². The van der Waals surface area contributed by atoms with Crippen molar-refractivity contribution >= 4 is 11.8 Å². The third kappa shape index (κ3) is 3.82. The largest absolute Gasteiger partial charge is 0.394 e. The van der Waals surface area contributed by atoms with E-state index in [9.17, 15) is 20.4 Å². The van der Waals surface area contributed by atoms with E-state index in [4.69, 9.17) is 4.74 Å². The zero-order valence-corrected chi connectivity index (χ0v) is 13.8. The molecule has 1 fully saturated rings. The Morgan fingerprint density at radius 3 is 2.09 bits per heavy atom. The quantitative estimate of drug-likeness (QED) is 0.658. The van der Waals surface area contributed by atoms with Crippen molar-refractivity contribution in [1.82, 2.24) is 0 Å². The first-order valence-electron chi connectivity index (χ1n) is 7.32. The molecule has 2 rings (SSSR count). The lowest BCUT2D eigenvalue weighted by Gasteiger charge is -2.39. The molecule has 0 aliphatic carbocycles. The predicted octanol–water partition coefficient (Wildman–Crippen LogP) is 0.876. The molecule has 1 saturated heterocycles. The minimum atomic E-state index is -1.34. The van der Waals surface area contributed by atoms with Crippen LogP contribution in [0.5, 0.6) is 0 Å². The fourth-order valence-corrected chi connectivity index (χ4v) is 3.39. The van der Waals surface area contributed by atoms with Gasteiger partial charge in [-0.1, -0.05) is 44.7 Å². The molecule has 5 nitrogen and oxygen atoms in total. The molecule has 1 aliphatic rings. The van der Waals surface area contributed by atoms with Gasteiger partial charge in [0, 0.05) is 4.90 Å². The lowest BCUT2D eigenvalue weighted by molar-refractivity contribution is -0.205. The van der Waals surface area contributed by atoms with E-state index < -0.39 is 36.5 Å². The van der Waals surface area contributed by atoms with Crippen LogP contribution in [0.25, 0.3) is 0 Å². The van der Waals surface area contributed by atoms with Crippen LogP contribution >= 0.6 is 11.8 Å². The maximum Gasteiger partial charge on any atom is 0.136 e. The summed E-state index contributed by atoms with van der Waals surface area (Å²) in [5.74, 6) is 0. The van der Waals surface area contributed by atoms with E-state index in [-0.39, 0.29) is 5.41 Å². The topological polar surface area (TPSA) is 90.2 Å². The summed E-state index contributed by atoms with van der Waals surface area (Å²) in [4.78, 5) is 0.886. The van der Waals surface area contributed by atoms with E-state index in [1.807, 2.05) is 24.3 Å². The van der Waals surface area contributed by atoms with E-state index in [0.29, 0.717) is 0 Å². The van der Waals surface area contributed by atoms with Crippen molar-refractivity contribution < 1.29 is 25.2 Å². The number of benzene rings is 1. The number of aliphatic hydroxyl groups excluding tert-OH is 4. The average Bonchev–Trinajstić information content (AvgIpc) is 2.47. The second-order valence-electron chi connectivity index (χ2n) is 6.59. The average molecular weight is 328 g/mol. The van der Waals surface area contributed by atoms with Crippen molar-refractivity contribution in [1.29, 1.82) is 0 Å². The molecule has 0 saturated carbocycles. The van der Waals surface area contributed by atoms with Crippen LogP contribution in [0.1, 0.15) is 26.3 Å². The van der Waals surface area contributed by atoms with Crippen molar-refractivity contribution in [2.24, 2.45) is 0 Å². The van der Waals surface area contributed by atoms with Gasteiger partial charge in [0.05, 0.1) is 6.61 Å². The van der Waals surface area contributed by atoms with E-state index >= 15 is 0 Å². The van der Waals surface area contributed by atoms with E-state index in [1.54, 1.807) is 0 Å². The van der Waals surface area contributed by atoms with Gasteiger partial charge in [-0.05, 0) is 23.1 Å². The Balaban J connectivity index is 2.09. The predicted molar refractivity (Wildman–Crippen MR) is 84.8 cm³/mol. The smallest absolute Gasteiger partial charge is 0.136 e. The van der Waals surface area contributed by atoms with Gasteiger partial charge in [0.15, 0.2) is 0 Å². The normalized spacial score (nSPS) is 33.0. The van der Waals surface area contributed by atoms with Gasteiger partial charge in [-0.25, -0.2) is 0 Å². The second-order valence-corrected chi connectivity index (χ2v) is 7.76. The van der Waals surface area contributed by atoms with Crippen molar-refractivity contribution in [3.63, 3.8) is 0 Å². The van der Waals surface area contributed by atoms with Crippen molar-refractivity contribution in [2.75, 3.05) is 6.61 Å². The molecule has 0 bridgehead atoms. The summed E-state index contributed by atoms with van der Waals surface area (Å²) < 4.78 is 5.48. The van der Waals surface area contributed by atoms with Gasteiger partial charge in [0.1, 0.15) is 29.9 Å². The second kappa shape index (κ2) is 6.86. The zero-order chi connectivity index (χ0) is 16.5. The van der Waals surface area contributed by atoms with Crippen LogP contribution in [0.4, 0.5) is 0 Å². The number of hydrogen-bond donors (Lipinski definition) is 4. The molecule has 1 aromatic rings. The third-order valence-corrected chi connectivity index (χ3v) is 4.99. The standard InChI is InChI=1S/C16H24O5S/c1-16(2,3)9-4-6-10(7-5-9)22-15-14(20)13(19)12(18)11(8-17)21-15/h4-7,11-15,17-20H,8H2,1-3H3/t11-,12+,13+,14-,15+/m1/s1. The monoisotopic (exact) mass is 328 g/mol. The number of rotatable bonds is 3. The summed E-state index contributed by atoms with van der Waals surface area (Å²) >= 11 is 1.26. The molecule has 6 heteroatoms. The van der Waals surface area contributed by atoms with Gasteiger partial charge in [-0.15, -0.1) is 0 Å². The Hall–Kier alpha value is -0.630. The maximum atomic E-state index is 10.0. The molecule has 0 aromatic heterocycles. The van der Waals surface area contributed by atoms with Gasteiger partial charge in [0.25, 0.3) is 0 Å². The molecule has 0 unspecified atom stereocenters. The lowest BCUT2D eigenvalue weighted by atomic mass is 9.87. The number of ether oxygens (including phenoxy) is 1.